The SMILES string of the molecule is CNCCc1cccc(SC)c1OC. The van der Waals surface area contributed by atoms with E-state index in [-0.39, 0.29) is 0 Å². The van der Waals surface area contributed by atoms with Gasteiger partial charge in [-0.2, -0.15) is 0 Å². The molecule has 0 atom stereocenters. The first-order valence-electron chi connectivity index (χ1n) is 4.68. The Hall–Kier alpha value is -0.670. The van der Waals surface area contributed by atoms with Crippen molar-refractivity contribution in [1.29, 1.82) is 0 Å². The lowest BCUT2D eigenvalue weighted by molar-refractivity contribution is 0.399. The van der Waals surface area contributed by atoms with Gasteiger partial charge in [-0.3, -0.25) is 0 Å². The standard InChI is InChI=1S/C11H17NOS/c1-12-8-7-9-5-4-6-10(14-3)11(9)13-2/h4-6,12H,7-8H2,1-3H3. The first-order chi connectivity index (χ1) is 6.83. The summed E-state index contributed by atoms with van der Waals surface area (Å²) in [7, 11) is 3.70. The number of hydrogen-bond acceptors (Lipinski definition) is 3. The van der Waals surface area contributed by atoms with Gasteiger partial charge in [0.25, 0.3) is 0 Å². The second kappa shape index (κ2) is 5.94. The number of ether oxygens (including phenoxy) is 1. The molecule has 2 nitrogen and oxygen atoms in total. The van der Waals surface area contributed by atoms with Gasteiger partial charge in [-0.25, -0.2) is 0 Å². The van der Waals surface area contributed by atoms with Crippen LogP contribution in [0.2, 0.25) is 0 Å². The van der Waals surface area contributed by atoms with Gasteiger partial charge >= 0.3 is 0 Å². The molecular formula is C11H17NOS. The molecule has 1 N–H and O–H groups in total. The average Bonchev–Trinajstić information content (AvgIpc) is 2.25. The Bertz CT molecular complexity index is 289. The van der Waals surface area contributed by atoms with Crippen molar-refractivity contribution in [2.75, 3.05) is 27.0 Å². The first-order valence-corrected chi connectivity index (χ1v) is 5.90. The number of hydrogen-bond donors (Lipinski definition) is 1. The lowest BCUT2D eigenvalue weighted by Crippen LogP contribution is -2.11. The number of para-hydroxylation sites is 1. The number of nitrogens with one attached hydrogen (secondary N) is 1. The van der Waals surface area contributed by atoms with Crippen LogP contribution in [0.1, 0.15) is 5.56 Å². The first kappa shape index (κ1) is 11.4. The average molecular weight is 211 g/mol. The van der Waals surface area contributed by atoms with Crippen molar-refractivity contribution < 1.29 is 4.74 Å². The van der Waals surface area contributed by atoms with Crippen LogP contribution in [-0.2, 0) is 6.42 Å². The van der Waals surface area contributed by atoms with Crippen molar-refractivity contribution in [2.24, 2.45) is 0 Å². The highest BCUT2D eigenvalue weighted by atomic mass is 32.2. The maximum Gasteiger partial charge on any atom is 0.135 e. The minimum atomic E-state index is 0.980. The minimum Gasteiger partial charge on any atom is -0.495 e. The van der Waals surface area contributed by atoms with Crippen molar-refractivity contribution in [1.82, 2.24) is 5.32 Å². The monoisotopic (exact) mass is 211 g/mol. The van der Waals surface area contributed by atoms with Crippen LogP contribution in [0, 0.1) is 0 Å². The molecule has 0 saturated heterocycles. The van der Waals surface area contributed by atoms with Crippen molar-refractivity contribution in [3.05, 3.63) is 23.8 Å². The van der Waals surface area contributed by atoms with Crippen LogP contribution >= 0.6 is 11.8 Å². The molecule has 0 aliphatic carbocycles. The zero-order valence-electron chi connectivity index (χ0n) is 8.96. The van der Waals surface area contributed by atoms with Crippen molar-refractivity contribution in [2.45, 2.75) is 11.3 Å². The lowest BCUT2D eigenvalue weighted by atomic mass is 10.1. The summed E-state index contributed by atoms with van der Waals surface area (Å²) < 4.78 is 5.42. The fraction of sp³-hybridized carbons (Fsp3) is 0.455. The smallest absolute Gasteiger partial charge is 0.135 e. The number of benzene rings is 1. The minimum absolute atomic E-state index is 0.980. The summed E-state index contributed by atoms with van der Waals surface area (Å²) in [6.45, 7) is 0.980. The molecule has 0 fully saturated rings. The van der Waals surface area contributed by atoms with Crippen LogP contribution in [0.25, 0.3) is 0 Å². The molecule has 0 saturated carbocycles. The zero-order chi connectivity index (χ0) is 10.4. The summed E-state index contributed by atoms with van der Waals surface area (Å²) in [5.74, 6) is 1.02. The molecule has 1 aromatic carbocycles. The normalized spacial score (nSPS) is 10.2. The van der Waals surface area contributed by atoms with E-state index in [1.54, 1.807) is 18.9 Å². The number of thioether (sulfide) groups is 1. The number of rotatable bonds is 5. The molecule has 0 bridgehead atoms. The topological polar surface area (TPSA) is 21.3 Å². The van der Waals surface area contributed by atoms with Gasteiger partial charge in [0.05, 0.1) is 7.11 Å². The molecule has 0 aliphatic heterocycles. The van der Waals surface area contributed by atoms with Gasteiger partial charge < -0.3 is 10.1 Å². The van der Waals surface area contributed by atoms with E-state index in [1.165, 1.54) is 10.5 Å². The number of methoxy groups -OCH3 is 1. The Labute approximate surface area is 90.0 Å². The Kier molecular flexibility index (Phi) is 4.84. The summed E-state index contributed by atoms with van der Waals surface area (Å²) in [6, 6.07) is 6.29. The van der Waals surface area contributed by atoms with Crippen LogP contribution in [0.5, 0.6) is 5.75 Å². The van der Waals surface area contributed by atoms with Crippen molar-refractivity contribution in [3.8, 4) is 5.75 Å². The van der Waals surface area contributed by atoms with Gasteiger partial charge in [0, 0.05) is 4.90 Å². The molecule has 0 aliphatic rings. The molecule has 0 aromatic heterocycles. The van der Waals surface area contributed by atoms with E-state index < -0.39 is 0 Å². The van der Waals surface area contributed by atoms with Gasteiger partial charge in [-0.05, 0) is 37.9 Å². The quantitative estimate of drug-likeness (QED) is 0.754. The van der Waals surface area contributed by atoms with Crippen LogP contribution < -0.4 is 10.1 Å². The molecule has 3 heteroatoms. The van der Waals surface area contributed by atoms with Crippen LogP contribution in [0.3, 0.4) is 0 Å². The highest BCUT2D eigenvalue weighted by molar-refractivity contribution is 7.98. The van der Waals surface area contributed by atoms with Crippen LogP contribution in [0.15, 0.2) is 23.1 Å². The third-order valence-electron chi connectivity index (χ3n) is 2.13. The summed E-state index contributed by atoms with van der Waals surface area (Å²) in [5, 5.41) is 3.14. The fourth-order valence-electron chi connectivity index (χ4n) is 1.41. The summed E-state index contributed by atoms with van der Waals surface area (Å²) in [6.07, 6.45) is 3.08. The lowest BCUT2D eigenvalue weighted by Gasteiger charge is -2.11. The predicted molar refractivity (Wildman–Crippen MR) is 62.4 cm³/mol. The van der Waals surface area contributed by atoms with E-state index in [9.17, 15) is 0 Å². The Morgan fingerprint density at radius 1 is 1.43 bits per heavy atom. The second-order valence-corrected chi connectivity index (χ2v) is 3.85. The molecule has 1 aromatic rings. The Morgan fingerprint density at radius 2 is 2.21 bits per heavy atom. The van der Waals surface area contributed by atoms with Gasteiger partial charge in [-0.1, -0.05) is 12.1 Å². The highest BCUT2D eigenvalue weighted by Crippen LogP contribution is 2.30. The van der Waals surface area contributed by atoms with E-state index in [0.29, 0.717) is 0 Å². The molecule has 0 heterocycles. The van der Waals surface area contributed by atoms with E-state index in [1.807, 2.05) is 7.05 Å². The van der Waals surface area contributed by atoms with E-state index in [2.05, 4.69) is 29.8 Å². The molecule has 0 unspecified atom stereocenters. The largest absolute Gasteiger partial charge is 0.495 e. The Morgan fingerprint density at radius 3 is 2.79 bits per heavy atom. The summed E-state index contributed by atoms with van der Waals surface area (Å²) in [5.41, 5.74) is 1.27. The predicted octanol–water partition coefficient (Wildman–Crippen LogP) is 2.18. The second-order valence-electron chi connectivity index (χ2n) is 3.01. The molecule has 0 amide bonds. The van der Waals surface area contributed by atoms with E-state index in [4.69, 9.17) is 4.74 Å². The maximum atomic E-state index is 5.42. The molecule has 78 valence electrons. The summed E-state index contributed by atoms with van der Waals surface area (Å²) >= 11 is 1.72. The van der Waals surface area contributed by atoms with Gasteiger partial charge in [0.1, 0.15) is 5.75 Å². The summed E-state index contributed by atoms with van der Waals surface area (Å²) in [4.78, 5) is 1.21. The van der Waals surface area contributed by atoms with E-state index in [0.717, 1.165) is 18.7 Å². The molecule has 1 rings (SSSR count). The van der Waals surface area contributed by atoms with E-state index >= 15 is 0 Å². The van der Waals surface area contributed by atoms with Gasteiger partial charge in [-0.15, -0.1) is 11.8 Å². The zero-order valence-corrected chi connectivity index (χ0v) is 9.78. The van der Waals surface area contributed by atoms with Crippen molar-refractivity contribution >= 4 is 11.8 Å². The fourth-order valence-corrected chi connectivity index (χ4v) is 2.02. The number of likely N-dealkylation sites (N-methyl/N-ethyl adjacent to an activating group) is 1. The van der Waals surface area contributed by atoms with Gasteiger partial charge in [0.2, 0.25) is 0 Å². The highest BCUT2D eigenvalue weighted by Gasteiger charge is 2.06. The third kappa shape index (κ3) is 2.66. The Balaban J connectivity index is 2.90. The molecule has 14 heavy (non-hydrogen) atoms. The third-order valence-corrected chi connectivity index (χ3v) is 2.89. The molecular weight excluding hydrogens is 194 g/mol. The molecule has 0 radical (unpaired) electrons. The van der Waals surface area contributed by atoms with Gasteiger partial charge in [0.15, 0.2) is 0 Å². The van der Waals surface area contributed by atoms with Crippen LogP contribution in [0.4, 0.5) is 0 Å². The molecule has 0 spiro atoms. The van der Waals surface area contributed by atoms with Crippen LogP contribution in [-0.4, -0.2) is 27.0 Å². The maximum absolute atomic E-state index is 5.42. The van der Waals surface area contributed by atoms with Crippen molar-refractivity contribution in [3.63, 3.8) is 0 Å².